The van der Waals surface area contributed by atoms with Crippen molar-refractivity contribution in [2.24, 2.45) is 0 Å². The normalized spacial score (nSPS) is 12.5. The highest BCUT2D eigenvalue weighted by Gasteiger charge is 2.12. The Morgan fingerprint density at radius 2 is 2.42 bits per heavy atom. The molecule has 0 saturated carbocycles. The van der Waals surface area contributed by atoms with Gasteiger partial charge < -0.3 is 10.4 Å². The Hall–Kier alpha value is -1.73. The molecule has 2 heterocycles. The molecule has 0 aliphatic heterocycles. The van der Waals surface area contributed by atoms with E-state index in [4.69, 9.17) is 5.11 Å². The van der Waals surface area contributed by atoms with Gasteiger partial charge in [-0.25, -0.2) is 4.98 Å². The predicted octanol–water partition coefficient (Wildman–Crippen LogP) is 0.345. The maximum Gasteiger partial charge on any atom is 0.262 e. The highest BCUT2D eigenvalue weighted by molar-refractivity contribution is 7.16. The Morgan fingerprint density at radius 3 is 3.11 bits per heavy atom. The van der Waals surface area contributed by atoms with Gasteiger partial charge in [0.1, 0.15) is 11.4 Å². The standard InChI is InChI=1S/C12H15N3O3S/c1-2-8(6-16)14-10(17)5-15-7-13-11-9(12(15)18)3-4-19-11/h3-4,7-8,16H,2,5-6H2,1H3,(H,14,17). The van der Waals surface area contributed by atoms with Gasteiger partial charge in [0.05, 0.1) is 24.4 Å². The number of thiophene rings is 1. The SMILES string of the molecule is CCC(CO)NC(=O)Cn1cnc2sccc2c1=O. The number of aliphatic hydroxyl groups excluding tert-OH is 1. The molecule has 0 aliphatic rings. The highest BCUT2D eigenvalue weighted by atomic mass is 32.1. The minimum absolute atomic E-state index is 0.0892. The lowest BCUT2D eigenvalue weighted by molar-refractivity contribution is -0.122. The summed E-state index contributed by atoms with van der Waals surface area (Å²) < 4.78 is 1.27. The molecule has 7 heteroatoms. The summed E-state index contributed by atoms with van der Waals surface area (Å²) in [5.41, 5.74) is -0.224. The van der Waals surface area contributed by atoms with Gasteiger partial charge in [-0.15, -0.1) is 11.3 Å². The highest BCUT2D eigenvalue weighted by Crippen LogP contribution is 2.13. The average Bonchev–Trinajstić information content (AvgIpc) is 2.88. The van der Waals surface area contributed by atoms with Crippen LogP contribution in [0, 0.1) is 0 Å². The minimum atomic E-state index is -0.306. The summed E-state index contributed by atoms with van der Waals surface area (Å²) in [7, 11) is 0. The second-order valence-electron chi connectivity index (χ2n) is 4.17. The number of amides is 1. The van der Waals surface area contributed by atoms with Crippen LogP contribution in [0.2, 0.25) is 0 Å². The van der Waals surface area contributed by atoms with Gasteiger partial charge in [0.2, 0.25) is 5.91 Å². The van der Waals surface area contributed by atoms with Crippen LogP contribution < -0.4 is 10.9 Å². The lowest BCUT2D eigenvalue weighted by atomic mass is 10.2. The van der Waals surface area contributed by atoms with E-state index in [1.165, 1.54) is 22.2 Å². The third kappa shape index (κ3) is 2.99. The number of carbonyl (C=O) groups is 1. The Bertz CT molecular complexity index is 630. The summed E-state index contributed by atoms with van der Waals surface area (Å²) in [4.78, 5) is 28.6. The lowest BCUT2D eigenvalue weighted by Crippen LogP contribution is -2.40. The summed E-state index contributed by atoms with van der Waals surface area (Å²) in [6.45, 7) is 1.67. The molecule has 2 rings (SSSR count). The number of hydrogen-bond acceptors (Lipinski definition) is 5. The number of hydrogen-bond donors (Lipinski definition) is 2. The summed E-state index contributed by atoms with van der Waals surface area (Å²) in [5, 5.41) is 14.0. The topological polar surface area (TPSA) is 84.2 Å². The van der Waals surface area contributed by atoms with E-state index in [2.05, 4.69) is 10.3 Å². The molecule has 6 nitrogen and oxygen atoms in total. The van der Waals surface area contributed by atoms with Crippen molar-refractivity contribution in [3.8, 4) is 0 Å². The van der Waals surface area contributed by atoms with E-state index in [0.717, 1.165) is 0 Å². The maximum absolute atomic E-state index is 12.1. The summed E-state index contributed by atoms with van der Waals surface area (Å²) >= 11 is 1.39. The Kier molecular flexibility index (Phi) is 4.28. The first kappa shape index (κ1) is 13.7. The quantitative estimate of drug-likeness (QED) is 0.828. The first-order valence-electron chi connectivity index (χ1n) is 5.98. The molecule has 1 unspecified atom stereocenters. The van der Waals surface area contributed by atoms with E-state index in [9.17, 15) is 9.59 Å². The zero-order chi connectivity index (χ0) is 13.8. The number of fused-ring (bicyclic) bond motifs is 1. The third-order valence-corrected chi connectivity index (χ3v) is 3.66. The number of carbonyl (C=O) groups excluding carboxylic acids is 1. The molecule has 0 radical (unpaired) electrons. The number of aliphatic hydroxyl groups is 1. The van der Waals surface area contributed by atoms with Crippen LogP contribution >= 0.6 is 11.3 Å². The number of nitrogens with one attached hydrogen (secondary N) is 1. The van der Waals surface area contributed by atoms with Crippen LogP contribution in [0.25, 0.3) is 10.2 Å². The first-order valence-corrected chi connectivity index (χ1v) is 6.86. The Morgan fingerprint density at radius 1 is 1.63 bits per heavy atom. The van der Waals surface area contributed by atoms with Crippen LogP contribution in [0.5, 0.6) is 0 Å². The van der Waals surface area contributed by atoms with Crippen molar-refractivity contribution < 1.29 is 9.90 Å². The fourth-order valence-electron chi connectivity index (χ4n) is 1.71. The molecule has 2 aromatic heterocycles. The molecule has 0 aliphatic carbocycles. The van der Waals surface area contributed by atoms with Crippen molar-refractivity contribution in [2.45, 2.75) is 25.9 Å². The van der Waals surface area contributed by atoms with E-state index in [1.807, 2.05) is 6.92 Å². The van der Waals surface area contributed by atoms with E-state index < -0.39 is 0 Å². The largest absolute Gasteiger partial charge is 0.394 e. The molecule has 19 heavy (non-hydrogen) atoms. The van der Waals surface area contributed by atoms with Gasteiger partial charge in [-0.05, 0) is 17.9 Å². The van der Waals surface area contributed by atoms with Gasteiger partial charge in [0.25, 0.3) is 5.56 Å². The third-order valence-electron chi connectivity index (χ3n) is 2.84. The van der Waals surface area contributed by atoms with E-state index in [-0.39, 0.29) is 30.7 Å². The summed E-state index contributed by atoms with van der Waals surface area (Å²) in [6, 6.07) is 1.42. The van der Waals surface area contributed by atoms with Crippen molar-refractivity contribution in [3.05, 3.63) is 28.1 Å². The lowest BCUT2D eigenvalue weighted by Gasteiger charge is -2.14. The second kappa shape index (κ2) is 5.94. The molecule has 1 amide bonds. The van der Waals surface area contributed by atoms with Crippen LogP contribution in [-0.2, 0) is 11.3 Å². The molecule has 0 spiro atoms. The van der Waals surface area contributed by atoms with Gasteiger partial charge in [-0.2, -0.15) is 0 Å². The van der Waals surface area contributed by atoms with E-state index in [0.29, 0.717) is 16.6 Å². The number of nitrogens with zero attached hydrogens (tertiary/aromatic N) is 2. The van der Waals surface area contributed by atoms with Crippen LogP contribution in [0.3, 0.4) is 0 Å². The zero-order valence-electron chi connectivity index (χ0n) is 10.5. The van der Waals surface area contributed by atoms with Gasteiger partial charge in [-0.3, -0.25) is 14.2 Å². The summed E-state index contributed by atoms with van der Waals surface area (Å²) in [6.07, 6.45) is 2.01. The minimum Gasteiger partial charge on any atom is -0.394 e. The molecule has 2 aromatic rings. The zero-order valence-corrected chi connectivity index (χ0v) is 11.3. The fourth-order valence-corrected chi connectivity index (χ4v) is 2.43. The fraction of sp³-hybridized carbons (Fsp3) is 0.417. The van der Waals surface area contributed by atoms with Crippen molar-refractivity contribution in [2.75, 3.05) is 6.61 Å². The Balaban J connectivity index is 2.15. The smallest absolute Gasteiger partial charge is 0.262 e. The van der Waals surface area contributed by atoms with E-state index in [1.54, 1.807) is 11.4 Å². The van der Waals surface area contributed by atoms with Crippen molar-refractivity contribution in [1.29, 1.82) is 0 Å². The molecule has 2 N–H and O–H groups in total. The van der Waals surface area contributed by atoms with Gasteiger partial charge in [0.15, 0.2) is 0 Å². The monoisotopic (exact) mass is 281 g/mol. The molecule has 102 valence electrons. The van der Waals surface area contributed by atoms with Crippen LogP contribution in [-0.4, -0.2) is 33.2 Å². The first-order chi connectivity index (χ1) is 9.15. The Labute approximate surface area is 113 Å². The van der Waals surface area contributed by atoms with Gasteiger partial charge in [0, 0.05) is 0 Å². The second-order valence-corrected chi connectivity index (χ2v) is 5.07. The van der Waals surface area contributed by atoms with Crippen LogP contribution in [0.1, 0.15) is 13.3 Å². The molecule has 1 atom stereocenters. The van der Waals surface area contributed by atoms with Crippen molar-refractivity contribution >= 4 is 27.5 Å². The van der Waals surface area contributed by atoms with Crippen LogP contribution in [0.4, 0.5) is 0 Å². The van der Waals surface area contributed by atoms with Crippen LogP contribution in [0.15, 0.2) is 22.6 Å². The number of rotatable bonds is 5. The predicted molar refractivity (Wildman–Crippen MR) is 73.2 cm³/mol. The van der Waals surface area contributed by atoms with Gasteiger partial charge >= 0.3 is 0 Å². The molecule has 0 saturated heterocycles. The molecule has 0 fully saturated rings. The molecular weight excluding hydrogens is 266 g/mol. The molecular formula is C12H15N3O3S. The summed E-state index contributed by atoms with van der Waals surface area (Å²) in [5.74, 6) is -0.306. The molecule has 0 aromatic carbocycles. The van der Waals surface area contributed by atoms with Gasteiger partial charge in [-0.1, -0.05) is 6.92 Å². The van der Waals surface area contributed by atoms with Crippen molar-refractivity contribution in [3.63, 3.8) is 0 Å². The number of aromatic nitrogens is 2. The maximum atomic E-state index is 12.1. The van der Waals surface area contributed by atoms with Crippen molar-refractivity contribution in [1.82, 2.24) is 14.9 Å². The molecule has 0 bridgehead atoms. The van der Waals surface area contributed by atoms with E-state index >= 15 is 0 Å². The average molecular weight is 281 g/mol.